The van der Waals surface area contributed by atoms with Crippen molar-refractivity contribution in [2.45, 2.75) is 48.4 Å². The molecular weight excluding hydrogens is 459 g/mol. The van der Waals surface area contributed by atoms with Gasteiger partial charge in [0.05, 0.1) is 17.3 Å². The lowest BCUT2D eigenvalue weighted by atomic mass is 9.87. The number of benzene rings is 2. The predicted octanol–water partition coefficient (Wildman–Crippen LogP) is 3.41. The average molecular weight is 487 g/mol. The number of carbonyl (C=O) groups is 3. The van der Waals surface area contributed by atoms with E-state index < -0.39 is 5.97 Å². The Kier molecular flexibility index (Phi) is 7.72. The Morgan fingerprint density at radius 1 is 1.00 bits per heavy atom. The van der Waals surface area contributed by atoms with Gasteiger partial charge in [0.1, 0.15) is 11.6 Å². The van der Waals surface area contributed by atoms with E-state index >= 15 is 0 Å². The molecule has 1 aliphatic heterocycles. The highest BCUT2D eigenvalue weighted by Gasteiger charge is 2.28. The number of ether oxygens (including phenoxy) is 1. The molecule has 3 N–H and O–H groups in total. The van der Waals surface area contributed by atoms with E-state index in [0.29, 0.717) is 50.0 Å². The third kappa shape index (κ3) is 6.08. The Morgan fingerprint density at radius 3 is 2.41 bits per heavy atom. The van der Waals surface area contributed by atoms with Gasteiger partial charge in [0.2, 0.25) is 5.91 Å². The van der Waals surface area contributed by atoms with E-state index in [2.05, 4.69) is 10.6 Å². The molecule has 0 bridgehead atoms. The number of thioether (sulfide) groups is 1. The van der Waals surface area contributed by atoms with Gasteiger partial charge in [0.15, 0.2) is 0 Å². The number of hydrogen-bond donors (Lipinski definition) is 3. The summed E-state index contributed by atoms with van der Waals surface area (Å²) in [6, 6.07) is 11.4. The van der Waals surface area contributed by atoms with Crippen molar-refractivity contribution in [2.24, 2.45) is 5.92 Å². The maximum absolute atomic E-state index is 13.3. The topological polar surface area (TPSA) is 105 Å². The van der Waals surface area contributed by atoms with E-state index in [1.54, 1.807) is 30.3 Å². The lowest BCUT2D eigenvalue weighted by molar-refractivity contribution is -0.143. The highest BCUT2D eigenvalue weighted by atomic mass is 32.2. The van der Waals surface area contributed by atoms with Gasteiger partial charge in [0.25, 0.3) is 5.91 Å². The molecule has 1 aliphatic carbocycles. The molecule has 2 aliphatic rings. The summed E-state index contributed by atoms with van der Waals surface area (Å²) in [7, 11) is 0. The molecule has 0 spiro atoms. The van der Waals surface area contributed by atoms with Crippen LogP contribution in [0.1, 0.15) is 41.6 Å². The third-order valence-electron chi connectivity index (χ3n) is 6.15. The first-order valence-corrected chi connectivity index (χ1v) is 12.3. The highest BCUT2D eigenvalue weighted by Crippen LogP contribution is 2.37. The Bertz CT molecular complexity index is 1050. The van der Waals surface area contributed by atoms with E-state index in [1.165, 1.54) is 23.9 Å². The first-order chi connectivity index (χ1) is 16.4. The largest absolute Gasteiger partial charge is 0.490 e. The molecule has 1 unspecified atom stereocenters. The molecule has 0 radical (unpaired) electrons. The van der Waals surface area contributed by atoms with Crippen molar-refractivity contribution in [3.63, 3.8) is 0 Å². The minimum Gasteiger partial charge on any atom is -0.490 e. The van der Waals surface area contributed by atoms with Crippen molar-refractivity contribution in [3.05, 3.63) is 59.4 Å². The Morgan fingerprint density at radius 2 is 1.71 bits per heavy atom. The molecular formula is C25H27FN2O5S. The maximum atomic E-state index is 13.3. The monoisotopic (exact) mass is 486 g/mol. The average Bonchev–Trinajstić information content (AvgIpc) is 3.26. The first-order valence-electron chi connectivity index (χ1n) is 11.4. The molecule has 1 heterocycles. The molecule has 2 aromatic carbocycles. The second kappa shape index (κ2) is 10.9. The molecule has 1 fully saturated rings. The first kappa shape index (κ1) is 24.1. The summed E-state index contributed by atoms with van der Waals surface area (Å²) in [5.41, 5.74) is 1.46. The van der Waals surface area contributed by atoms with Gasteiger partial charge in [-0.1, -0.05) is 6.07 Å². The minimum absolute atomic E-state index is 0.0104. The molecule has 0 saturated heterocycles. The predicted molar refractivity (Wildman–Crippen MR) is 126 cm³/mol. The number of carboxylic acid groups (broad SMARTS) is 1. The van der Waals surface area contributed by atoms with Crippen LogP contribution >= 0.6 is 11.8 Å². The fraction of sp³-hybridized carbons (Fsp3) is 0.400. The summed E-state index contributed by atoms with van der Waals surface area (Å²) < 4.78 is 19.3. The Hall–Kier alpha value is -3.07. The van der Waals surface area contributed by atoms with Crippen molar-refractivity contribution in [3.8, 4) is 5.75 Å². The molecule has 1 saturated carbocycles. The second-order valence-electron chi connectivity index (χ2n) is 8.56. The van der Waals surface area contributed by atoms with Crippen molar-refractivity contribution in [2.75, 3.05) is 13.1 Å². The van der Waals surface area contributed by atoms with Gasteiger partial charge >= 0.3 is 5.97 Å². The molecule has 1 atom stereocenters. The number of carbonyl (C=O) groups excluding carboxylic acids is 2. The molecule has 7 nitrogen and oxygen atoms in total. The SMILES string of the molecule is O=C(NCCNC(=O)C1Cc2ccc(F)cc2S1)c1ccc(OC2CCC(C(=O)O)CC2)cc1. The van der Waals surface area contributed by atoms with Gasteiger partial charge < -0.3 is 20.5 Å². The molecule has 180 valence electrons. The Labute approximate surface area is 201 Å². The van der Waals surface area contributed by atoms with E-state index in [0.717, 1.165) is 10.5 Å². The molecule has 4 rings (SSSR count). The summed E-state index contributed by atoms with van der Waals surface area (Å²) in [6.45, 7) is 0.584. The van der Waals surface area contributed by atoms with Crippen LogP contribution in [-0.4, -0.2) is 47.3 Å². The van der Waals surface area contributed by atoms with Gasteiger partial charge in [-0.25, -0.2) is 4.39 Å². The minimum atomic E-state index is -0.743. The quantitative estimate of drug-likeness (QED) is 0.494. The summed E-state index contributed by atoms with van der Waals surface area (Å²) in [6.07, 6.45) is 3.18. The highest BCUT2D eigenvalue weighted by molar-refractivity contribution is 8.01. The molecule has 34 heavy (non-hydrogen) atoms. The number of nitrogens with one attached hydrogen (secondary N) is 2. The zero-order valence-corrected chi connectivity index (χ0v) is 19.4. The van der Waals surface area contributed by atoms with Crippen molar-refractivity contribution in [1.82, 2.24) is 10.6 Å². The number of fused-ring (bicyclic) bond motifs is 1. The Balaban J connectivity index is 1.15. The van der Waals surface area contributed by atoms with Crippen molar-refractivity contribution >= 4 is 29.5 Å². The van der Waals surface area contributed by atoms with Gasteiger partial charge in [-0.05, 0) is 74.1 Å². The van der Waals surface area contributed by atoms with E-state index in [9.17, 15) is 18.8 Å². The van der Waals surface area contributed by atoms with Crippen LogP contribution in [0.4, 0.5) is 4.39 Å². The maximum Gasteiger partial charge on any atom is 0.306 e. The molecule has 2 amide bonds. The van der Waals surface area contributed by atoms with Gasteiger partial charge in [-0.3, -0.25) is 14.4 Å². The number of aliphatic carboxylic acids is 1. The molecule has 2 aromatic rings. The number of halogens is 1. The lowest BCUT2D eigenvalue weighted by Crippen LogP contribution is -2.38. The fourth-order valence-electron chi connectivity index (χ4n) is 4.23. The zero-order valence-electron chi connectivity index (χ0n) is 18.6. The standard InChI is InChI=1S/C25H27FN2O5S/c26-18-6-1-17-13-22(34-21(17)14-18)24(30)28-12-11-27-23(29)15-2-7-19(8-3-15)33-20-9-4-16(5-10-20)25(31)32/h1-3,6-8,14,16,20,22H,4-5,9-13H2,(H,27,29)(H,28,30)(H,31,32). The number of amides is 2. The van der Waals surface area contributed by atoms with Crippen molar-refractivity contribution in [1.29, 1.82) is 0 Å². The van der Waals surface area contributed by atoms with E-state index in [-0.39, 0.29) is 41.4 Å². The smallest absolute Gasteiger partial charge is 0.306 e. The number of hydrogen-bond acceptors (Lipinski definition) is 5. The summed E-state index contributed by atoms with van der Waals surface area (Å²) in [5.74, 6) is -1.06. The van der Waals surface area contributed by atoms with E-state index in [1.807, 2.05) is 0 Å². The second-order valence-corrected chi connectivity index (χ2v) is 9.81. The van der Waals surface area contributed by atoms with Crippen LogP contribution in [0.2, 0.25) is 0 Å². The summed E-state index contributed by atoms with van der Waals surface area (Å²) in [4.78, 5) is 36.6. The van der Waals surface area contributed by atoms with Crippen LogP contribution in [0.3, 0.4) is 0 Å². The molecule has 0 aromatic heterocycles. The third-order valence-corrected chi connectivity index (χ3v) is 7.45. The van der Waals surface area contributed by atoms with Crippen LogP contribution in [0.25, 0.3) is 0 Å². The molecule has 9 heteroatoms. The zero-order chi connectivity index (χ0) is 24.1. The van der Waals surface area contributed by atoms with Crippen LogP contribution in [-0.2, 0) is 16.0 Å². The fourth-order valence-corrected chi connectivity index (χ4v) is 5.47. The van der Waals surface area contributed by atoms with Crippen LogP contribution in [0.15, 0.2) is 47.4 Å². The summed E-state index contributed by atoms with van der Waals surface area (Å²) in [5, 5.41) is 14.4. The normalized spacial score (nSPS) is 21.4. The van der Waals surface area contributed by atoms with Gasteiger partial charge in [-0.2, -0.15) is 0 Å². The van der Waals surface area contributed by atoms with Gasteiger partial charge in [0, 0.05) is 23.5 Å². The number of rotatable bonds is 8. The lowest BCUT2D eigenvalue weighted by Gasteiger charge is -2.26. The van der Waals surface area contributed by atoms with Crippen LogP contribution in [0.5, 0.6) is 5.75 Å². The van der Waals surface area contributed by atoms with Crippen LogP contribution < -0.4 is 15.4 Å². The van der Waals surface area contributed by atoms with Crippen molar-refractivity contribution < 1.29 is 28.6 Å². The van der Waals surface area contributed by atoms with Crippen LogP contribution in [0, 0.1) is 11.7 Å². The summed E-state index contributed by atoms with van der Waals surface area (Å²) >= 11 is 1.36. The van der Waals surface area contributed by atoms with E-state index in [4.69, 9.17) is 9.84 Å². The number of carboxylic acids is 1. The van der Waals surface area contributed by atoms with Gasteiger partial charge in [-0.15, -0.1) is 11.8 Å².